The van der Waals surface area contributed by atoms with Gasteiger partial charge in [0.25, 0.3) is 11.6 Å². The monoisotopic (exact) mass is 494 g/mol. The van der Waals surface area contributed by atoms with Gasteiger partial charge in [-0.25, -0.2) is 5.43 Å². The van der Waals surface area contributed by atoms with E-state index in [0.29, 0.717) is 11.3 Å². The number of nitrogens with one attached hydrogen (secondary N) is 1. The fraction of sp³-hybridized carbons (Fsp3) is 0.167. The van der Waals surface area contributed by atoms with Gasteiger partial charge in [0.2, 0.25) is 5.75 Å². The summed E-state index contributed by atoms with van der Waals surface area (Å²) in [5.74, 6) is 0.354. The summed E-state index contributed by atoms with van der Waals surface area (Å²) in [5, 5.41) is 26.2. The van der Waals surface area contributed by atoms with Gasteiger partial charge >= 0.3 is 5.69 Å². The van der Waals surface area contributed by atoms with E-state index in [-0.39, 0.29) is 23.9 Å². The van der Waals surface area contributed by atoms with Gasteiger partial charge in [0.15, 0.2) is 18.1 Å². The summed E-state index contributed by atoms with van der Waals surface area (Å²) < 4.78 is 16.5. The summed E-state index contributed by atoms with van der Waals surface area (Å²) >= 11 is 0. The molecule has 0 spiro atoms. The maximum Gasteiger partial charge on any atom is 0.318 e. The predicted octanol–water partition coefficient (Wildman–Crippen LogP) is 4.45. The van der Waals surface area contributed by atoms with Crippen LogP contribution in [0.2, 0.25) is 0 Å². The van der Waals surface area contributed by atoms with E-state index in [4.69, 9.17) is 14.2 Å². The van der Waals surface area contributed by atoms with Gasteiger partial charge in [0.1, 0.15) is 5.75 Å². The quantitative estimate of drug-likeness (QED) is 0.246. The predicted molar refractivity (Wildman–Crippen MR) is 130 cm³/mol. The second kappa shape index (κ2) is 11.4. The highest BCUT2D eigenvalue weighted by Gasteiger charge is 2.22. The Balaban J connectivity index is 1.67. The van der Waals surface area contributed by atoms with Gasteiger partial charge in [0, 0.05) is 6.07 Å². The molecule has 0 atom stereocenters. The van der Waals surface area contributed by atoms with E-state index in [0.717, 1.165) is 29.3 Å². The molecule has 12 heteroatoms. The Morgan fingerprint density at radius 3 is 2.31 bits per heavy atom. The lowest BCUT2D eigenvalue weighted by atomic mass is 10.1. The summed E-state index contributed by atoms with van der Waals surface area (Å²) in [4.78, 5) is 32.8. The molecule has 0 aliphatic rings. The van der Waals surface area contributed by atoms with E-state index in [1.54, 1.807) is 6.07 Å². The topological polar surface area (TPSA) is 155 Å². The van der Waals surface area contributed by atoms with Crippen molar-refractivity contribution in [3.8, 4) is 23.0 Å². The average Bonchev–Trinajstić information content (AvgIpc) is 2.84. The third-order valence-corrected chi connectivity index (χ3v) is 4.92. The number of benzene rings is 3. The number of carbonyl (C=O) groups excluding carboxylic acids is 1. The van der Waals surface area contributed by atoms with Gasteiger partial charge in [0.05, 0.1) is 29.2 Å². The Labute approximate surface area is 205 Å². The minimum atomic E-state index is -0.775. The molecule has 0 heterocycles. The third-order valence-electron chi connectivity index (χ3n) is 4.92. The van der Waals surface area contributed by atoms with Crippen LogP contribution >= 0.6 is 0 Å². The van der Waals surface area contributed by atoms with E-state index >= 15 is 0 Å². The normalized spacial score (nSPS) is 10.6. The van der Waals surface area contributed by atoms with E-state index < -0.39 is 27.1 Å². The Hall–Kier alpha value is -5.00. The minimum absolute atomic E-state index is 0.137. The zero-order chi connectivity index (χ0) is 26.2. The number of non-ortho nitro benzene ring substituents is 1. The van der Waals surface area contributed by atoms with Crippen molar-refractivity contribution in [3.05, 3.63) is 91.5 Å². The highest BCUT2D eigenvalue weighted by molar-refractivity contribution is 5.83. The molecule has 0 bridgehead atoms. The standard InChI is InChI=1S/C24H22N4O8/c1-15-5-4-6-16(2)24(15)35-14-23(29)26-25-13-17-7-9-21(22(11-17)34-3)36-20-10-8-18(27(30)31)12-19(20)28(32)33/h4-13H,14H2,1-3H3,(H,26,29)/b25-13-. The number of amides is 1. The van der Waals surface area contributed by atoms with Crippen molar-refractivity contribution in [2.75, 3.05) is 13.7 Å². The molecule has 0 aliphatic carbocycles. The molecule has 36 heavy (non-hydrogen) atoms. The maximum atomic E-state index is 12.1. The van der Waals surface area contributed by atoms with Crippen LogP contribution in [0.1, 0.15) is 16.7 Å². The zero-order valence-electron chi connectivity index (χ0n) is 19.6. The van der Waals surface area contributed by atoms with E-state index in [9.17, 15) is 25.0 Å². The number of ether oxygens (including phenoxy) is 3. The Kier molecular flexibility index (Phi) is 8.13. The maximum absolute atomic E-state index is 12.1. The molecule has 0 radical (unpaired) electrons. The van der Waals surface area contributed by atoms with Gasteiger partial charge in [-0.1, -0.05) is 18.2 Å². The lowest BCUT2D eigenvalue weighted by Crippen LogP contribution is -2.25. The molecule has 3 aromatic rings. The molecule has 3 rings (SSSR count). The number of hydrogen-bond donors (Lipinski definition) is 1. The van der Waals surface area contributed by atoms with Crippen molar-refractivity contribution in [1.82, 2.24) is 5.43 Å². The molecular formula is C24H22N4O8. The van der Waals surface area contributed by atoms with Gasteiger partial charge in [-0.3, -0.25) is 25.0 Å². The smallest absolute Gasteiger partial charge is 0.318 e. The molecule has 0 saturated carbocycles. The van der Waals surface area contributed by atoms with Crippen LogP contribution in [-0.2, 0) is 4.79 Å². The molecular weight excluding hydrogens is 472 g/mol. The molecule has 0 aromatic heterocycles. The van der Waals surface area contributed by atoms with Crippen molar-refractivity contribution < 1.29 is 28.9 Å². The molecule has 3 aromatic carbocycles. The van der Waals surface area contributed by atoms with E-state index in [1.165, 1.54) is 25.5 Å². The third kappa shape index (κ3) is 6.32. The van der Waals surface area contributed by atoms with Crippen molar-refractivity contribution in [3.63, 3.8) is 0 Å². The van der Waals surface area contributed by atoms with Crippen molar-refractivity contribution >= 4 is 23.5 Å². The lowest BCUT2D eigenvalue weighted by molar-refractivity contribution is -0.394. The number of carbonyl (C=O) groups is 1. The Morgan fingerprint density at radius 2 is 1.67 bits per heavy atom. The first-order valence-electron chi connectivity index (χ1n) is 10.5. The van der Waals surface area contributed by atoms with Crippen LogP contribution in [0.15, 0.2) is 59.7 Å². The summed E-state index contributed by atoms with van der Waals surface area (Å²) in [6.07, 6.45) is 1.37. The number of methoxy groups -OCH3 is 1. The zero-order valence-corrected chi connectivity index (χ0v) is 19.6. The van der Waals surface area contributed by atoms with E-state index in [2.05, 4.69) is 10.5 Å². The molecule has 0 fully saturated rings. The lowest BCUT2D eigenvalue weighted by Gasteiger charge is -2.11. The first-order chi connectivity index (χ1) is 17.2. The van der Waals surface area contributed by atoms with Crippen LogP contribution in [0.5, 0.6) is 23.0 Å². The van der Waals surface area contributed by atoms with E-state index in [1.807, 2.05) is 32.0 Å². The number of hydrazone groups is 1. The number of rotatable bonds is 10. The highest BCUT2D eigenvalue weighted by atomic mass is 16.6. The molecule has 0 aliphatic heterocycles. The van der Waals surface area contributed by atoms with Crippen LogP contribution in [0.25, 0.3) is 0 Å². The fourth-order valence-electron chi connectivity index (χ4n) is 3.19. The second-order valence-corrected chi connectivity index (χ2v) is 7.48. The minimum Gasteiger partial charge on any atom is -0.493 e. The number of nitrogens with zero attached hydrogens (tertiary/aromatic N) is 3. The number of para-hydroxylation sites is 1. The van der Waals surface area contributed by atoms with Crippen molar-refractivity contribution in [2.24, 2.45) is 5.10 Å². The van der Waals surface area contributed by atoms with Gasteiger partial charge in [-0.2, -0.15) is 5.10 Å². The Bertz CT molecular complexity index is 1320. The SMILES string of the molecule is COc1cc(/C=N\NC(=O)COc2c(C)cccc2C)ccc1Oc1ccc([N+](=O)[O-])cc1[N+](=O)[O-]. The van der Waals surface area contributed by atoms with Crippen molar-refractivity contribution in [2.45, 2.75) is 13.8 Å². The van der Waals surface area contributed by atoms with Crippen LogP contribution in [0.3, 0.4) is 0 Å². The molecule has 0 saturated heterocycles. The number of nitro groups is 2. The molecule has 0 unspecified atom stereocenters. The number of hydrogen-bond acceptors (Lipinski definition) is 9. The highest BCUT2D eigenvalue weighted by Crippen LogP contribution is 2.38. The fourth-order valence-corrected chi connectivity index (χ4v) is 3.19. The van der Waals surface area contributed by atoms with Gasteiger partial charge in [-0.15, -0.1) is 0 Å². The largest absolute Gasteiger partial charge is 0.493 e. The molecule has 1 N–H and O–H groups in total. The van der Waals surface area contributed by atoms with Gasteiger partial charge < -0.3 is 14.2 Å². The first kappa shape index (κ1) is 25.6. The second-order valence-electron chi connectivity index (χ2n) is 7.48. The molecule has 1 amide bonds. The summed E-state index contributed by atoms with van der Waals surface area (Å²) in [7, 11) is 1.38. The van der Waals surface area contributed by atoms with Crippen LogP contribution in [0.4, 0.5) is 11.4 Å². The molecule has 12 nitrogen and oxygen atoms in total. The van der Waals surface area contributed by atoms with Gasteiger partial charge in [-0.05, 0) is 54.8 Å². The average molecular weight is 494 g/mol. The van der Waals surface area contributed by atoms with Crippen LogP contribution in [0, 0.1) is 34.1 Å². The summed E-state index contributed by atoms with van der Waals surface area (Å²) in [5.41, 5.74) is 3.74. The molecule has 186 valence electrons. The van der Waals surface area contributed by atoms with Crippen LogP contribution < -0.4 is 19.6 Å². The summed E-state index contributed by atoms with van der Waals surface area (Å²) in [6.45, 7) is 3.56. The first-order valence-corrected chi connectivity index (χ1v) is 10.5. The Morgan fingerprint density at radius 1 is 0.972 bits per heavy atom. The summed E-state index contributed by atoms with van der Waals surface area (Å²) in [6, 6.07) is 13.3. The van der Waals surface area contributed by atoms with Crippen LogP contribution in [-0.4, -0.2) is 35.7 Å². The van der Waals surface area contributed by atoms with Crippen molar-refractivity contribution in [1.29, 1.82) is 0 Å². The number of aryl methyl sites for hydroxylation is 2. The number of nitro benzene ring substituents is 2.